The number of nitrogens with zero attached hydrogens (tertiary/aromatic N) is 1. The maximum Gasteiger partial charge on any atom is 0.224 e. The maximum atomic E-state index is 11.8. The van der Waals surface area contributed by atoms with Gasteiger partial charge in [0.05, 0.1) is 23.7 Å². The van der Waals surface area contributed by atoms with Gasteiger partial charge in [0.2, 0.25) is 5.91 Å². The standard InChI is InChI=1S/C12H14ClNO4S/c1-8(15)14(10-4-2-9(13)3-5-10)11-6-19(17,18)7-12(11)16/h2-5,11-12,16H,6-7H2,1H3. The molecule has 1 aromatic carbocycles. The van der Waals surface area contributed by atoms with Gasteiger partial charge in [0, 0.05) is 17.6 Å². The Bertz CT molecular complexity index is 584. The summed E-state index contributed by atoms with van der Waals surface area (Å²) >= 11 is 5.78. The Balaban J connectivity index is 2.36. The predicted octanol–water partition coefficient (Wildman–Crippen LogP) is 0.851. The molecule has 1 aliphatic rings. The summed E-state index contributed by atoms with van der Waals surface area (Å²) in [6.45, 7) is 1.34. The molecule has 0 aromatic heterocycles. The average molecular weight is 304 g/mol. The summed E-state index contributed by atoms with van der Waals surface area (Å²) in [5, 5.41) is 10.4. The molecular formula is C12H14ClNO4S. The third kappa shape index (κ3) is 3.08. The minimum Gasteiger partial charge on any atom is -0.390 e. The molecule has 1 amide bonds. The molecule has 1 aliphatic heterocycles. The molecule has 104 valence electrons. The number of anilines is 1. The molecule has 0 spiro atoms. The van der Waals surface area contributed by atoms with E-state index in [9.17, 15) is 18.3 Å². The van der Waals surface area contributed by atoms with Crippen molar-refractivity contribution >= 4 is 33.0 Å². The van der Waals surface area contributed by atoms with Crippen LogP contribution in [0.4, 0.5) is 5.69 Å². The van der Waals surface area contributed by atoms with Gasteiger partial charge in [0.15, 0.2) is 9.84 Å². The van der Waals surface area contributed by atoms with E-state index < -0.39 is 22.0 Å². The Hall–Kier alpha value is -1.11. The van der Waals surface area contributed by atoms with Crippen LogP contribution in [-0.4, -0.2) is 43.1 Å². The van der Waals surface area contributed by atoms with Crippen LogP contribution in [0.5, 0.6) is 0 Å². The van der Waals surface area contributed by atoms with Crippen LogP contribution < -0.4 is 4.90 Å². The van der Waals surface area contributed by atoms with Crippen LogP contribution in [0.1, 0.15) is 6.92 Å². The van der Waals surface area contributed by atoms with E-state index in [4.69, 9.17) is 11.6 Å². The molecule has 5 nitrogen and oxygen atoms in total. The Morgan fingerprint density at radius 1 is 1.32 bits per heavy atom. The van der Waals surface area contributed by atoms with Gasteiger partial charge >= 0.3 is 0 Å². The summed E-state index contributed by atoms with van der Waals surface area (Å²) in [5.74, 6) is -0.853. The molecule has 2 rings (SSSR count). The summed E-state index contributed by atoms with van der Waals surface area (Å²) in [4.78, 5) is 13.1. The molecule has 0 aliphatic carbocycles. The fourth-order valence-electron chi connectivity index (χ4n) is 2.27. The highest BCUT2D eigenvalue weighted by Gasteiger charge is 2.41. The van der Waals surface area contributed by atoms with Crippen LogP contribution in [0.3, 0.4) is 0 Å². The number of hydrogen-bond acceptors (Lipinski definition) is 4. The summed E-state index contributed by atoms with van der Waals surface area (Å²) in [6.07, 6.45) is -1.07. The van der Waals surface area contributed by atoms with Crippen molar-refractivity contribution < 1.29 is 18.3 Å². The van der Waals surface area contributed by atoms with Gasteiger partial charge in [-0.1, -0.05) is 11.6 Å². The monoisotopic (exact) mass is 303 g/mol. The van der Waals surface area contributed by atoms with E-state index in [-0.39, 0.29) is 17.4 Å². The number of sulfone groups is 1. The van der Waals surface area contributed by atoms with Gasteiger partial charge in [0.1, 0.15) is 0 Å². The Kier molecular flexibility index (Phi) is 3.85. The Morgan fingerprint density at radius 2 is 1.89 bits per heavy atom. The van der Waals surface area contributed by atoms with Crippen LogP contribution in [0.25, 0.3) is 0 Å². The predicted molar refractivity (Wildman–Crippen MR) is 73.1 cm³/mol. The summed E-state index contributed by atoms with van der Waals surface area (Å²) in [7, 11) is -3.31. The fraction of sp³-hybridized carbons (Fsp3) is 0.417. The van der Waals surface area contributed by atoms with E-state index in [2.05, 4.69) is 0 Å². The second-order valence-corrected chi connectivity index (χ2v) is 7.17. The van der Waals surface area contributed by atoms with Crippen molar-refractivity contribution in [2.75, 3.05) is 16.4 Å². The Labute approximate surface area is 116 Å². The molecule has 1 N–H and O–H groups in total. The van der Waals surface area contributed by atoms with Gasteiger partial charge in [-0.3, -0.25) is 4.79 Å². The van der Waals surface area contributed by atoms with E-state index in [1.807, 2.05) is 0 Å². The molecular weight excluding hydrogens is 290 g/mol. The van der Waals surface area contributed by atoms with Gasteiger partial charge in [-0.25, -0.2) is 8.42 Å². The minimum atomic E-state index is -3.31. The zero-order valence-electron chi connectivity index (χ0n) is 10.3. The van der Waals surface area contributed by atoms with Crippen LogP contribution in [0, 0.1) is 0 Å². The van der Waals surface area contributed by atoms with Crippen molar-refractivity contribution in [2.45, 2.75) is 19.1 Å². The van der Waals surface area contributed by atoms with Crippen LogP contribution in [0.2, 0.25) is 5.02 Å². The molecule has 2 unspecified atom stereocenters. The SMILES string of the molecule is CC(=O)N(c1ccc(Cl)cc1)C1CS(=O)(=O)CC1O. The molecule has 1 aromatic rings. The number of carbonyl (C=O) groups is 1. The van der Waals surface area contributed by atoms with Crippen molar-refractivity contribution in [3.05, 3.63) is 29.3 Å². The van der Waals surface area contributed by atoms with Gasteiger partial charge in [-0.2, -0.15) is 0 Å². The van der Waals surface area contributed by atoms with Gasteiger partial charge in [-0.05, 0) is 24.3 Å². The lowest BCUT2D eigenvalue weighted by Gasteiger charge is -2.29. The van der Waals surface area contributed by atoms with E-state index in [0.29, 0.717) is 10.7 Å². The molecule has 1 saturated heterocycles. The summed E-state index contributed by atoms with van der Waals surface area (Å²) in [5.41, 5.74) is 0.526. The highest BCUT2D eigenvalue weighted by molar-refractivity contribution is 7.91. The second kappa shape index (κ2) is 5.11. The maximum absolute atomic E-state index is 11.8. The molecule has 0 bridgehead atoms. The summed E-state index contributed by atoms with van der Waals surface area (Å²) < 4.78 is 23.1. The van der Waals surface area contributed by atoms with E-state index in [1.165, 1.54) is 11.8 Å². The lowest BCUT2D eigenvalue weighted by molar-refractivity contribution is -0.117. The largest absolute Gasteiger partial charge is 0.390 e. The van der Waals surface area contributed by atoms with Crippen molar-refractivity contribution in [3.8, 4) is 0 Å². The number of rotatable bonds is 2. The molecule has 19 heavy (non-hydrogen) atoms. The zero-order chi connectivity index (χ0) is 14.2. The summed E-state index contributed by atoms with van der Waals surface area (Å²) in [6, 6.07) is 5.73. The first-order valence-electron chi connectivity index (χ1n) is 5.74. The minimum absolute atomic E-state index is 0.226. The number of halogens is 1. The number of benzene rings is 1. The second-order valence-electron chi connectivity index (χ2n) is 4.58. The van der Waals surface area contributed by atoms with Crippen LogP contribution in [-0.2, 0) is 14.6 Å². The highest BCUT2D eigenvalue weighted by atomic mass is 35.5. The first-order chi connectivity index (χ1) is 8.80. The van der Waals surface area contributed by atoms with Crippen molar-refractivity contribution in [1.82, 2.24) is 0 Å². The molecule has 0 saturated carbocycles. The number of carbonyl (C=O) groups excluding carboxylic acids is 1. The van der Waals surface area contributed by atoms with Crippen molar-refractivity contribution in [2.24, 2.45) is 0 Å². The molecule has 2 atom stereocenters. The van der Waals surface area contributed by atoms with E-state index >= 15 is 0 Å². The number of aliphatic hydroxyl groups is 1. The molecule has 1 fully saturated rings. The molecule has 0 radical (unpaired) electrons. The lowest BCUT2D eigenvalue weighted by atomic mass is 10.1. The number of aliphatic hydroxyl groups excluding tert-OH is 1. The molecule has 1 heterocycles. The topological polar surface area (TPSA) is 74.7 Å². The van der Waals surface area contributed by atoms with E-state index in [1.54, 1.807) is 24.3 Å². The van der Waals surface area contributed by atoms with Gasteiger partial charge in [0.25, 0.3) is 0 Å². The molecule has 7 heteroatoms. The zero-order valence-corrected chi connectivity index (χ0v) is 11.9. The normalized spacial score (nSPS) is 25.2. The lowest BCUT2D eigenvalue weighted by Crippen LogP contribution is -2.46. The third-order valence-electron chi connectivity index (χ3n) is 3.07. The smallest absolute Gasteiger partial charge is 0.224 e. The average Bonchev–Trinajstić information content (AvgIpc) is 2.55. The van der Waals surface area contributed by atoms with Crippen LogP contribution >= 0.6 is 11.6 Å². The first-order valence-corrected chi connectivity index (χ1v) is 7.94. The van der Waals surface area contributed by atoms with E-state index in [0.717, 1.165) is 0 Å². The number of amides is 1. The van der Waals surface area contributed by atoms with Crippen molar-refractivity contribution in [1.29, 1.82) is 0 Å². The fourth-order valence-corrected chi connectivity index (χ4v) is 4.16. The van der Waals surface area contributed by atoms with Gasteiger partial charge in [-0.15, -0.1) is 0 Å². The quantitative estimate of drug-likeness (QED) is 0.879. The highest BCUT2D eigenvalue weighted by Crippen LogP contribution is 2.26. The van der Waals surface area contributed by atoms with Crippen molar-refractivity contribution in [3.63, 3.8) is 0 Å². The number of hydrogen-bond donors (Lipinski definition) is 1. The third-order valence-corrected chi connectivity index (χ3v) is 5.02. The van der Waals surface area contributed by atoms with Crippen LogP contribution in [0.15, 0.2) is 24.3 Å². The first kappa shape index (κ1) is 14.3. The van der Waals surface area contributed by atoms with Gasteiger partial charge < -0.3 is 10.0 Å². The Morgan fingerprint density at radius 3 is 2.32 bits per heavy atom.